The molecule has 0 aliphatic heterocycles. The molecule has 7 nitrogen and oxygen atoms in total. The number of hydrogen-bond acceptors (Lipinski definition) is 5. The molecule has 3 rings (SSSR count). The third-order valence-corrected chi connectivity index (χ3v) is 3.40. The molecule has 2 aromatic carbocycles. The molecule has 7 heteroatoms. The van der Waals surface area contributed by atoms with Crippen LogP contribution < -0.4 is 10.1 Å². The van der Waals surface area contributed by atoms with E-state index in [1.165, 1.54) is 0 Å². The van der Waals surface area contributed by atoms with Crippen LogP contribution in [0, 0.1) is 6.92 Å². The van der Waals surface area contributed by atoms with Gasteiger partial charge in [-0.1, -0.05) is 12.1 Å². The summed E-state index contributed by atoms with van der Waals surface area (Å²) >= 11 is 0. The summed E-state index contributed by atoms with van der Waals surface area (Å²) in [5.74, 6) is 1.01. The monoisotopic (exact) mass is 309 g/mol. The second-order valence-corrected chi connectivity index (χ2v) is 4.95. The molecule has 0 aliphatic carbocycles. The van der Waals surface area contributed by atoms with Crippen LogP contribution in [0.15, 0.2) is 42.5 Å². The molecule has 0 radical (unpaired) electrons. The van der Waals surface area contributed by atoms with Crippen molar-refractivity contribution in [1.82, 2.24) is 20.6 Å². The standard InChI is InChI=1S/C16H15N5O2/c1-10-8-13(23-2)6-7-14(10)16(22)17-12-5-3-4-11(9-12)15-18-20-21-19-15/h3-9H,1-2H3,(H,17,22)(H,18,19,20,21). The third-order valence-electron chi connectivity index (χ3n) is 3.40. The molecule has 0 bridgehead atoms. The zero-order valence-corrected chi connectivity index (χ0v) is 12.7. The van der Waals surface area contributed by atoms with Crippen molar-refractivity contribution in [2.24, 2.45) is 0 Å². The number of methoxy groups -OCH3 is 1. The number of aromatic amines is 1. The lowest BCUT2D eigenvalue weighted by molar-refractivity contribution is 0.102. The zero-order valence-electron chi connectivity index (χ0n) is 12.7. The summed E-state index contributed by atoms with van der Waals surface area (Å²) in [6, 6.07) is 12.6. The number of carbonyl (C=O) groups excluding carboxylic acids is 1. The summed E-state index contributed by atoms with van der Waals surface area (Å²) in [6.07, 6.45) is 0. The molecule has 0 saturated heterocycles. The average Bonchev–Trinajstić information content (AvgIpc) is 3.09. The summed E-state index contributed by atoms with van der Waals surface area (Å²) < 4.78 is 5.15. The Balaban J connectivity index is 1.82. The third kappa shape index (κ3) is 3.18. The second-order valence-electron chi connectivity index (χ2n) is 4.95. The van der Waals surface area contributed by atoms with E-state index < -0.39 is 0 Å². The van der Waals surface area contributed by atoms with Crippen molar-refractivity contribution < 1.29 is 9.53 Å². The van der Waals surface area contributed by atoms with Gasteiger partial charge in [-0.2, -0.15) is 5.21 Å². The van der Waals surface area contributed by atoms with Crippen LogP contribution >= 0.6 is 0 Å². The molecule has 0 fully saturated rings. The van der Waals surface area contributed by atoms with E-state index in [4.69, 9.17) is 4.74 Å². The molecule has 2 N–H and O–H groups in total. The molecule has 116 valence electrons. The maximum Gasteiger partial charge on any atom is 0.255 e. The summed E-state index contributed by atoms with van der Waals surface area (Å²) in [5, 5.41) is 16.7. The Morgan fingerprint density at radius 2 is 2.09 bits per heavy atom. The molecule has 23 heavy (non-hydrogen) atoms. The van der Waals surface area contributed by atoms with Crippen molar-refractivity contribution in [3.8, 4) is 17.1 Å². The summed E-state index contributed by atoms with van der Waals surface area (Å²) in [4.78, 5) is 12.4. The van der Waals surface area contributed by atoms with Gasteiger partial charge in [0.15, 0.2) is 0 Å². The fourth-order valence-corrected chi connectivity index (χ4v) is 2.24. The maximum atomic E-state index is 12.4. The van der Waals surface area contributed by atoms with Gasteiger partial charge >= 0.3 is 0 Å². The molecule has 0 spiro atoms. The number of benzene rings is 2. The number of H-pyrrole nitrogens is 1. The second kappa shape index (κ2) is 6.27. The number of aryl methyl sites for hydroxylation is 1. The number of amides is 1. The smallest absolute Gasteiger partial charge is 0.255 e. The number of ether oxygens (including phenoxy) is 1. The van der Waals surface area contributed by atoms with E-state index in [-0.39, 0.29) is 5.91 Å². The molecule has 0 unspecified atom stereocenters. The average molecular weight is 309 g/mol. The highest BCUT2D eigenvalue weighted by molar-refractivity contribution is 6.05. The van der Waals surface area contributed by atoms with Crippen molar-refractivity contribution >= 4 is 11.6 Å². The van der Waals surface area contributed by atoms with Gasteiger partial charge in [-0.25, -0.2) is 0 Å². The van der Waals surface area contributed by atoms with Gasteiger partial charge in [0.1, 0.15) is 5.75 Å². The maximum absolute atomic E-state index is 12.4. The van der Waals surface area contributed by atoms with Crippen LogP contribution in [0.1, 0.15) is 15.9 Å². The lowest BCUT2D eigenvalue weighted by atomic mass is 10.1. The summed E-state index contributed by atoms with van der Waals surface area (Å²) in [6.45, 7) is 1.87. The highest BCUT2D eigenvalue weighted by atomic mass is 16.5. The van der Waals surface area contributed by atoms with Gasteiger partial charge in [-0.3, -0.25) is 4.79 Å². The molecular weight excluding hydrogens is 294 g/mol. The van der Waals surface area contributed by atoms with Gasteiger partial charge in [0, 0.05) is 16.8 Å². The Morgan fingerprint density at radius 1 is 1.22 bits per heavy atom. The Hall–Kier alpha value is -3.22. The first kappa shape index (κ1) is 14.7. The highest BCUT2D eigenvalue weighted by Gasteiger charge is 2.11. The zero-order chi connectivity index (χ0) is 16.2. The van der Waals surface area contributed by atoms with Crippen LogP contribution in [-0.2, 0) is 0 Å². The predicted octanol–water partition coefficient (Wildman–Crippen LogP) is 2.44. The minimum atomic E-state index is -0.185. The lowest BCUT2D eigenvalue weighted by Crippen LogP contribution is -2.13. The molecule has 0 atom stereocenters. The quantitative estimate of drug-likeness (QED) is 0.772. The highest BCUT2D eigenvalue weighted by Crippen LogP contribution is 2.21. The van der Waals surface area contributed by atoms with Crippen LogP contribution in [0.5, 0.6) is 5.75 Å². The van der Waals surface area contributed by atoms with Crippen molar-refractivity contribution in [2.75, 3.05) is 12.4 Å². The van der Waals surface area contributed by atoms with Crippen molar-refractivity contribution in [3.63, 3.8) is 0 Å². The number of rotatable bonds is 4. The molecule has 1 aromatic heterocycles. The molecule has 0 saturated carbocycles. The van der Waals surface area contributed by atoms with Crippen molar-refractivity contribution in [3.05, 3.63) is 53.6 Å². The number of tetrazole rings is 1. The Morgan fingerprint density at radius 3 is 2.78 bits per heavy atom. The van der Waals surface area contributed by atoms with Gasteiger partial charge in [0.05, 0.1) is 7.11 Å². The van der Waals surface area contributed by atoms with Crippen LogP contribution in [0.3, 0.4) is 0 Å². The number of carbonyl (C=O) groups is 1. The first-order valence-corrected chi connectivity index (χ1v) is 6.97. The normalized spacial score (nSPS) is 10.3. The van der Waals surface area contributed by atoms with Gasteiger partial charge < -0.3 is 10.1 Å². The fourth-order valence-electron chi connectivity index (χ4n) is 2.24. The number of anilines is 1. The van der Waals surface area contributed by atoms with Crippen LogP contribution in [-0.4, -0.2) is 33.6 Å². The summed E-state index contributed by atoms with van der Waals surface area (Å²) in [5.41, 5.74) is 2.86. The van der Waals surface area contributed by atoms with E-state index in [0.717, 1.165) is 16.9 Å². The largest absolute Gasteiger partial charge is 0.497 e. The van der Waals surface area contributed by atoms with E-state index in [0.29, 0.717) is 17.1 Å². The van der Waals surface area contributed by atoms with E-state index >= 15 is 0 Å². The molecular formula is C16H15N5O2. The Labute approximate surface area is 132 Å². The van der Waals surface area contributed by atoms with Gasteiger partial charge in [-0.05, 0) is 48.0 Å². The first-order chi connectivity index (χ1) is 11.2. The van der Waals surface area contributed by atoms with Crippen molar-refractivity contribution in [2.45, 2.75) is 6.92 Å². The van der Waals surface area contributed by atoms with Gasteiger partial charge in [0.25, 0.3) is 5.91 Å². The number of hydrogen-bond donors (Lipinski definition) is 2. The Kier molecular flexibility index (Phi) is 4.01. The molecule has 1 heterocycles. The fraction of sp³-hybridized carbons (Fsp3) is 0.125. The summed E-state index contributed by atoms with van der Waals surface area (Å²) in [7, 11) is 1.60. The van der Waals surface area contributed by atoms with E-state index in [2.05, 4.69) is 25.9 Å². The van der Waals surface area contributed by atoms with Gasteiger partial charge in [0.2, 0.25) is 5.82 Å². The van der Waals surface area contributed by atoms with E-state index in [1.54, 1.807) is 31.4 Å². The van der Waals surface area contributed by atoms with E-state index in [9.17, 15) is 4.79 Å². The number of nitrogens with zero attached hydrogens (tertiary/aromatic N) is 3. The first-order valence-electron chi connectivity index (χ1n) is 6.97. The van der Waals surface area contributed by atoms with Crippen LogP contribution in [0.25, 0.3) is 11.4 Å². The topological polar surface area (TPSA) is 92.8 Å². The lowest BCUT2D eigenvalue weighted by Gasteiger charge is -2.09. The Bertz CT molecular complexity index is 830. The number of nitrogens with one attached hydrogen (secondary N) is 2. The predicted molar refractivity (Wildman–Crippen MR) is 85.3 cm³/mol. The minimum absolute atomic E-state index is 0.185. The van der Waals surface area contributed by atoms with Crippen molar-refractivity contribution in [1.29, 1.82) is 0 Å². The molecule has 0 aliphatic rings. The minimum Gasteiger partial charge on any atom is -0.497 e. The van der Waals surface area contributed by atoms with Crippen LogP contribution in [0.4, 0.5) is 5.69 Å². The van der Waals surface area contributed by atoms with Gasteiger partial charge in [-0.15, -0.1) is 10.2 Å². The molecule has 1 amide bonds. The SMILES string of the molecule is COc1ccc(C(=O)Nc2cccc(-c3nn[nH]n3)c2)c(C)c1. The molecule has 3 aromatic rings. The van der Waals surface area contributed by atoms with Crippen LogP contribution in [0.2, 0.25) is 0 Å². The van der Waals surface area contributed by atoms with E-state index in [1.807, 2.05) is 25.1 Å². The number of aromatic nitrogens is 4.